The largest absolute Gasteiger partial charge is 0.350 e. The van der Waals surface area contributed by atoms with Crippen molar-refractivity contribution in [2.45, 2.75) is 258 Å². The molecule has 18 heteroatoms. The predicted octanol–water partition coefficient (Wildman–Crippen LogP) is 25.7. The number of carbonyl (C=O) groups is 4. The molecule has 16 aliphatic carbocycles. The molecule has 0 spiro atoms. The van der Waals surface area contributed by atoms with E-state index in [-0.39, 0.29) is 23.6 Å². The van der Waals surface area contributed by atoms with Crippen LogP contribution in [0.2, 0.25) is 5.02 Å². The van der Waals surface area contributed by atoms with Crippen molar-refractivity contribution in [3.63, 3.8) is 0 Å². The number of hydrogen-bond donors (Lipinski definition) is 4. The first-order valence-corrected chi connectivity index (χ1v) is 54.4. The number of aromatic nitrogens is 8. The fraction of sp³-hybridized carbons (Fsp3) is 0.480. The molecule has 12 saturated carbocycles. The Morgan fingerprint density at radius 3 is 0.858 bits per heavy atom. The Bertz CT molecular complexity index is 6290. The van der Waals surface area contributed by atoms with E-state index in [1.54, 1.807) is 0 Å². The average Bonchev–Trinajstić information content (AvgIpc) is 1.69. The number of nitrogens with one attached hydrogen (secondary N) is 4. The minimum absolute atomic E-state index is 0.00118. The number of benzene rings is 8. The highest BCUT2D eigenvalue weighted by molar-refractivity contribution is 9.10. The summed E-state index contributed by atoms with van der Waals surface area (Å²) < 4.78 is 9.34. The summed E-state index contributed by atoms with van der Waals surface area (Å²) in [5, 5.41) is 33.8. The van der Waals surface area contributed by atoms with Crippen LogP contribution in [0.4, 0.5) is 0 Å². The second kappa shape index (κ2) is 38.7. The van der Waals surface area contributed by atoms with Crippen molar-refractivity contribution in [3.05, 3.63) is 302 Å². The van der Waals surface area contributed by atoms with Crippen molar-refractivity contribution in [1.29, 1.82) is 0 Å². The smallest absolute Gasteiger partial charge is 0.272 e. The summed E-state index contributed by atoms with van der Waals surface area (Å²) in [5.41, 5.74) is 35.4. The average molecular weight is 1970 g/mol. The zero-order valence-electron chi connectivity index (χ0n) is 85.6. The van der Waals surface area contributed by atoms with Crippen LogP contribution in [0.25, 0.3) is 45.0 Å². The van der Waals surface area contributed by atoms with Gasteiger partial charge in [0.25, 0.3) is 23.6 Å². The Balaban J connectivity index is 0.000000111. The second-order valence-corrected chi connectivity index (χ2v) is 48.5. The molecule has 28 rings (SSSR count). The SMILES string of the molecule is Cc1ccc(Cn2nc(C(=O)NCC3CCC4CC3C4(C)C)c3c2-c2ccc(Br)cc2CC3)cc1.Cc1ccc(Cn2nc(C(=O)NCC3CCC4CC3C4(C)C)c3c2-c2ccc(C)cc2CC3)cc1.Cc1ccc(Cn2nc(C(=O)NCC3CCC4CC3C4(C)C)c3c2-c2ccc(C)cc2CCC3)cc1.Cc1ccc(Cn2nc(C(=O)NCC3CCC4CC3C4(C)C)c3c2-c2ccc(Cl)cc2CC3)cc1. The molecule has 0 aliphatic heterocycles. The molecule has 8 bridgehead atoms. The van der Waals surface area contributed by atoms with Crippen molar-refractivity contribution in [2.24, 2.45) is 92.7 Å². The molecule has 734 valence electrons. The molecule has 4 N–H and O–H groups in total. The van der Waals surface area contributed by atoms with Gasteiger partial charge in [0.05, 0.1) is 49.0 Å². The standard InChI is InChI=1S/C32H39N3O.C31H37N3O.C30H34BrN3O.C30H34ClN3O/c1-20-8-11-22(12-9-20)19-35-30-26-15-10-21(2)16-23(26)6-5-7-27(30)29(34-35)31(36)33-18-24-13-14-25-17-28(24)32(25,3)4;1-19-5-8-21(9-6-19)18-34-29-25-13-7-20(2)15-22(25)11-14-26(29)28(33-34)30(35)32-17-23-10-12-24-16-27(23)31(24,3)4;2*1-18-4-6-19(7-5-18)17-34-28-24-13-11-23(31)14-20(24)9-12-25(28)27(33-34)29(35)32-16-21-8-10-22-15-26(21)30(22,2)3/h8-12,15-16,24-25,28H,5-7,13-14,17-19H2,1-4H3,(H,33,36);5-9,13,15,23-24,27H,10-12,14,16-18H2,1-4H3,(H,32,35);2*4-7,11,13-14,21-22,26H,8-10,12,15-17H2,1-3H3,(H,32,35). The molecule has 12 aromatic rings. The van der Waals surface area contributed by atoms with Gasteiger partial charge in [0.1, 0.15) is 0 Å². The molecule has 0 radical (unpaired) electrons. The van der Waals surface area contributed by atoms with Crippen molar-refractivity contribution in [3.8, 4) is 45.0 Å². The van der Waals surface area contributed by atoms with Gasteiger partial charge in [-0.15, -0.1) is 0 Å². The Morgan fingerprint density at radius 2 is 0.567 bits per heavy atom. The van der Waals surface area contributed by atoms with E-state index >= 15 is 0 Å². The molecule has 12 unspecified atom stereocenters. The van der Waals surface area contributed by atoms with Crippen LogP contribution < -0.4 is 21.3 Å². The molecule has 4 aromatic heterocycles. The van der Waals surface area contributed by atoms with E-state index in [2.05, 4.69) is 312 Å². The van der Waals surface area contributed by atoms with Crippen LogP contribution in [-0.4, -0.2) is 88.9 Å². The quantitative estimate of drug-likeness (QED) is 0.0580. The molecular formula is C123H144BrClN12O4. The normalized spacial score (nSPS) is 23.7. The number of amides is 4. The summed E-state index contributed by atoms with van der Waals surface area (Å²) >= 11 is 9.93. The lowest BCUT2D eigenvalue weighted by Crippen LogP contribution is -2.54. The van der Waals surface area contributed by atoms with Crippen LogP contribution in [0.15, 0.2) is 174 Å². The monoisotopic (exact) mass is 1970 g/mol. The van der Waals surface area contributed by atoms with Gasteiger partial charge in [-0.1, -0.05) is 262 Å². The van der Waals surface area contributed by atoms with Crippen LogP contribution in [0.1, 0.15) is 281 Å². The Morgan fingerprint density at radius 1 is 0.312 bits per heavy atom. The summed E-state index contributed by atoms with van der Waals surface area (Å²) in [4.78, 5) is 54.2. The third kappa shape index (κ3) is 18.7. The van der Waals surface area contributed by atoms with Gasteiger partial charge in [-0.3, -0.25) is 37.9 Å². The molecule has 12 fully saturated rings. The zero-order valence-corrected chi connectivity index (χ0v) is 87.9. The maximum absolute atomic E-state index is 13.6. The number of halogens is 2. The number of aryl methyl sites for hydroxylation is 10. The lowest BCUT2D eigenvalue weighted by Gasteiger charge is -2.60. The summed E-state index contributed by atoms with van der Waals surface area (Å²) in [6, 6.07) is 60.4. The molecule has 141 heavy (non-hydrogen) atoms. The third-order valence-corrected chi connectivity index (χ3v) is 38.2. The fourth-order valence-corrected chi connectivity index (χ4v) is 29.0. The van der Waals surface area contributed by atoms with E-state index in [1.807, 2.05) is 10.7 Å². The number of nitrogens with zero attached hydrogens (tertiary/aromatic N) is 8. The van der Waals surface area contributed by atoms with Gasteiger partial charge < -0.3 is 21.3 Å². The van der Waals surface area contributed by atoms with Gasteiger partial charge in [-0.05, 0) is 338 Å². The van der Waals surface area contributed by atoms with Crippen LogP contribution in [0, 0.1) is 134 Å². The van der Waals surface area contributed by atoms with Crippen molar-refractivity contribution in [1.82, 2.24) is 60.4 Å². The van der Waals surface area contributed by atoms with Crippen molar-refractivity contribution in [2.75, 3.05) is 26.2 Å². The molecule has 12 atom stereocenters. The first-order chi connectivity index (χ1) is 67.7. The van der Waals surface area contributed by atoms with E-state index in [4.69, 9.17) is 32.0 Å². The topological polar surface area (TPSA) is 188 Å². The summed E-state index contributed by atoms with van der Waals surface area (Å²) in [6.07, 6.45) is 23.7. The van der Waals surface area contributed by atoms with Gasteiger partial charge in [-0.25, -0.2) is 0 Å². The number of carbonyl (C=O) groups excluding carboxylic acids is 4. The Hall–Kier alpha value is -10.8. The Labute approximate surface area is 848 Å². The zero-order chi connectivity index (χ0) is 98.0. The maximum atomic E-state index is 13.6. The van der Waals surface area contributed by atoms with E-state index in [9.17, 15) is 19.2 Å². The van der Waals surface area contributed by atoms with E-state index in [0.717, 1.165) is 191 Å². The molecule has 4 heterocycles. The highest BCUT2D eigenvalue weighted by Crippen LogP contribution is 2.65. The predicted molar refractivity (Wildman–Crippen MR) is 570 cm³/mol. The van der Waals surface area contributed by atoms with Gasteiger partial charge in [0.2, 0.25) is 0 Å². The van der Waals surface area contributed by atoms with Gasteiger partial charge >= 0.3 is 0 Å². The van der Waals surface area contributed by atoms with Gasteiger partial charge in [-0.2, -0.15) is 20.4 Å². The molecule has 16 nitrogen and oxygen atoms in total. The second-order valence-electron chi connectivity index (χ2n) is 47.2. The third-order valence-electron chi connectivity index (χ3n) is 37.5. The molecule has 16 aliphatic rings. The fourth-order valence-electron chi connectivity index (χ4n) is 28.4. The van der Waals surface area contributed by atoms with Crippen LogP contribution in [-0.2, 0) is 77.5 Å². The number of hydrogen-bond acceptors (Lipinski definition) is 8. The van der Waals surface area contributed by atoms with Crippen LogP contribution in [0.3, 0.4) is 0 Å². The van der Waals surface area contributed by atoms with Gasteiger partial charge in [0, 0.05) is 80.2 Å². The van der Waals surface area contributed by atoms with E-state index < -0.39 is 0 Å². The first-order valence-electron chi connectivity index (χ1n) is 53.3. The van der Waals surface area contributed by atoms with Crippen LogP contribution in [0.5, 0.6) is 0 Å². The number of rotatable bonds is 20. The maximum Gasteiger partial charge on any atom is 0.272 e. The van der Waals surface area contributed by atoms with E-state index in [0.29, 0.717) is 94.3 Å². The minimum Gasteiger partial charge on any atom is -0.350 e. The molecule has 0 saturated heterocycles. The highest BCUT2D eigenvalue weighted by atomic mass is 79.9. The van der Waals surface area contributed by atoms with Crippen LogP contribution >= 0.6 is 27.5 Å². The van der Waals surface area contributed by atoms with Crippen molar-refractivity contribution >= 4 is 51.2 Å². The first kappa shape index (κ1) is 96.4. The molecule has 8 aromatic carbocycles. The summed E-state index contributed by atoms with van der Waals surface area (Å²) in [6.45, 7) is 37.8. The van der Waals surface area contributed by atoms with Gasteiger partial charge in [0.15, 0.2) is 22.8 Å². The van der Waals surface area contributed by atoms with Crippen molar-refractivity contribution < 1.29 is 19.2 Å². The lowest BCUT2D eigenvalue weighted by atomic mass is 9.45. The Kier molecular flexibility index (Phi) is 26.5. The summed E-state index contributed by atoms with van der Waals surface area (Å²) in [5.74, 6) is 8.76. The summed E-state index contributed by atoms with van der Waals surface area (Å²) in [7, 11) is 0. The molecular weight excluding hydrogens is 1820 g/mol. The highest BCUT2D eigenvalue weighted by Gasteiger charge is 2.58. The minimum atomic E-state index is -0.0272. The van der Waals surface area contributed by atoms with E-state index in [1.165, 1.54) is 172 Å². The lowest BCUT2D eigenvalue weighted by molar-refractivity contribution is -0.103. The molecule has 4 amide bonds. The number of fused-ring (bicyclic) bond motifs is 20.